The van der Waals surface area contributed by atoms with Crippen molar-refractivity contribution in [1.29, 1.82) is 0 Å². The molecule has 4 N–H and O–H groups in total. The smallest absolute Gasteiger partial charge is 0.330 e. The predicted octanol–water partition coefficient (Wildman–Crippen LogP) is -0.864. The van der Waals surface area contributed by atoms with Gasteiger partial charge in [0.2, 0.25) is 5.91 Å². The van der Waals surface area contributed by atoms with E-state index in [0.717, 1.165) is 6.08 Å². The zero-order chi connectivity index (χ0) is 26.9. The SMILES string of the molecule is C=CC(=O)O[C@H]1[C@H]2C(C(=O)c3c(O)cccc3[C@@H]2C)C(=O)[C@]2(O)C(=O)C(C(N)=O)C(=O)[C@@H](N(C)C)[C@H]12. The minimum absolute atomic E-state index is 0.148. The number of rotatable bonds is 4. The van der Waals surface area contributed by atoms with Crippen LogP contribution in [0, 0.1) is 23.7 Å². The summed E-state index contributed by atoms with van der Waals surface area (Å²) in [5, 5.41) is 22.2. The van der Waals surface area contributed by atoms with Crippen LogP contribution in [0.5, 0.6) is 5.75 Å². The van der Waals surface area contributed by atoms with Crippen molar-refractivity contribution < 1.29 is 43.7 Å². The molecule has 1 aromatic rings. The summed E-state index contributed by atoms with van der Waals surface area (Å²) in [6.07, 6.45) is -0.657. The molecule has 1 aromatic carbocycles. The third-order valence-electron chi connectivity index (χ3n) is 7.74. The van der Waals surface area contributed by atoms with Gasteiger partial charge in [-0.05, 0) is 31.6 Å². The van der Waals surface area contributed by atoms with E-state index in [1.165, 1.54) is 31.1 Å². The van der Waals surface area contributed by atoms with E-state index in [-0.39, 0.29) is 5.56 Å². The number of carbonyl (C=O) groups is 6. The van der Waals surface area contributed by atoms with Crippen LogP contribution in [0.15, 0.2) is 30.9 Å². The molecular formula is C25H26N2O9. The molecule has 0 heterocycles. The lowest BCUT2D eigenvalue weighted by Crippen LogP contribution is -2.78. The van der Waals surface area contributed by atoms with Gasteiger partial charge in [-0.2, -0.15) is 0 Å². The summed E-state index contributed by atoms with van der Waals surface area (Å²) in [7, 11) is 2.87. The second kappa shape index (κ2) is 8.45. The van der Waals surface area contributed by atoms with Gasteiger partial charge in [-0.25, -0.2) is 4.79 Å². The van der Waals surface area contributed by atoms with Crippen LogP contribution in [0.4, 0.5) is 0 Å². The monoisotopic (exact) mass is 498 g/mol. The summed E-state index contributed by atoms with van der Waals surface area (Å²) < 4.78 is 5.60. The molecule has 8 atom stereocenters. The van der Waals surface area contributed by atoms with Crippen molar-refractivity contribution >= 4 is 35.0 Å². The lowest BCUT2D eigenvalue weighted by Gasteiger charge is -2.56. The number of fused-ring (bicyclic) bond motifs is 3. The topological polar surface area (TPSA) is 181 Å². The van der Waals surface area contributed by atoms with Gasteiger partial charge in [0.25, 0.3) is 0 Å². The largest absolute Gasteiger partial charge is 0.507 e. The first-order valence-electron chi connectivity index (χ1n) is 11.3. The highest BCUT2D eigenvalue weighted by atomic mass is 16.5. The van der Waals surface area contributed by atoms with Crippen molar-refractivity contribution in [2.45, 2.75) is 30.6 Å². The van der Waals surface area contributed by atoms with E-state index < -0.39 is 88.1 Å². The summed E-state index contributed by atoms with van der Waals surface area (Å²) in [5.74, 6) is -14.5. The molecule has 2 unspecified atom stereocenters. The van der Waals surface area contributed by atoms with Crippen LogP contribution in [-0.4, -0.2) is 82.0 Å². The minimum atomic E-state index is -3.05. The van der Waals surface area contributed by atoms with E-state index >= 15 is 0 Å². The van der Waals surface area contributed by atoms with Crippen molar-refractivity contribution in [3.8, 4) is 5.75 Å². The maximum Gasteiger partial charge on any atom is 0.330 e. The molecule has 0 aliphatic heterocycles. The summed E-state index contributed by atoms with van der Waals surface area (Å²) >= 11 is 0. The normalized spacial score (nSPS) is 35.5. The lowest BCUT2D eigenvalue weighted by molar-refractivity contribution is -0.204. The van der Waals surface area contributed by atoms with Crippen LogP contribution < -0.4 is 5.73 Å². The third-order valence-corrected chi connectivity index (χ3v) is 7.74. The number of esters is 1. The molecule has 4 rings (SSSR count). The van der Waals surface area contributed by atoms with Crippen molar-refractivity contribution in [3.63, 3.8) is 0 Å². The molecule has 0 aromatic heterocycles. The second-order valence-corrected chi connectivity index (χ2v) is 9.72. The molecule has 190 valence electrons. The molecule has 0 saturated heterocycles. The second-order valence-electron chi connectivity index (χ2n) is 9.72. The number of phenolic OH excluding ortho intramolecular Hbond substituents is 1. The third kappa shape index (κ3) is 3.19. The Morgan fingerprint density at radius 3 is 2.36 bits per heavy atom. The predicted molar refractivity (Wildman–Crippen MR) is 122 cm³/mol. The molecular weight excluding hydrogens is 472 g/mol. The van der Waals surface area contributed by atoms with Gasteiger partial charge >= 0.3 is 5.97 Å². The Hall–Kier alpha value is -3.70. The number of nitrogens with two attached hydrogens (primary N) is 1. The Labute approximate surface area is 205 Å². The van der Waals surface area contributed by atoms with Crippen LogP contribution in [0.3, 0.4) is 0 Å². The molecule has 2 fully saturated rings. The van der Waals surface area contributed by atoms with Crippen LogP contribution >= 0.6 is 0 Å². The number of primary amides is 1. The molecule has 0 spiro atoms. The lowest BCUT2D eigenvalue weighted by atomic mass is 9.49. The van der Waals surface area contributed by atoms with Crippen LogP contribution in [0.25, 0.3) is 0 Å². The number of phenols is 1. The average Bonchev–Trinajstić information content (AvgIpc) is 2.80. The molecule has 0 radical (unpaired) electrons. The highest BCUT2D eigenvalue weighted by Crippen LogP contribution is 2.55. The Kier molecular flexibility index (Phi) is 5.96. The number of ether oxygens (including phenoxy) is 1. The van der Waals surface area contributed by atoms with Crippen LogP contribution in [0.2, 0.25) is 0 Å². The highest BCUT2D eigenvalue weighted by Gasteiger charge is 2.74. The van der Waals surface area contributed by atoms with Gasteiger partial charge in [-0.3, -0.25) is 28.9 Å². The number of amides is 1. The van der Waals surface area contributed by atoms with E-state index in [1.807, 2.05) is 0 Å². The highest BCUT2D eigenvalue weighted by molar-refractivity contribution is 6.32. The number of aromatic hydroxyl groups is 1. The number of carbonyl (C=O) groups excluding carboxylic acids is 6. The number of likely N-dealkylation sites (N-methyl/N-ethyl adjacent to an activating group) is 1. The number of nitrogens with zero attached hydrogens (tertiary/aromatic N) is 1. The van der Waals surface area contributed by atoms with Crippen molar-refractivity contribution in [2.75, 3.05) is 14.1 Å². The Bertz CT molecular complexity index is 1240. The zero-order valence-corrected chi connectivity index (χ0v) is 19.8. The zero-order valence-electron chi connectivity index (χ0n) is 19.8. The van der Waals surface area contributed by atoms with Gasteiger partial charge in [0.05, 0.1) is 23.4 Å². The van der Waals surface area contributed by atoms with E-state index in [0.29, 0.717) is 5.56 Å². The molecule has 1 amide bonds. The number of hydrogen-bond donors (Lipinski definition) is 3. The minimum Gasteiger partial charge on any atom is -0.507 e. The van der Waals surface area contributed by atoms with E-state index in [1.54, 1.807) is 13.0 Å². The molecule has 0 bridgehead atoms. The maximum atomic E-state index is 13.9. The Balaban J connectivity index is 2.03. The van der Waals surface area contributed by atoms with Crippen LogP contribution in [-0.2, 0) is 28.7 Å². The Morgan fingerprint density at radius 2 is 1.81 bits per heavy atom. The summed E-state index contributed by atoms with van der Waals surface area (Å²) in [4.78, 5) is 80.2. The van der Waals surface area contributed by atoms with Gasteiger partial charge in [0, 0.05) is 12.0 Å². The maximum absolute atomic E-state index is 13.9. The summed E-state index contributed by atoms with van der Waals surface area (Å²) in [6.45, 7) is 5.01. The quantitative estimate of drug-likeness (QED) is 0.268. The molecule has 2 saturated carbocycles. The van der Waals surface area contributed by atoms with E-state index in [4.69, 9.17) is 10.5 Å². The number of Topliss-reactive ketones (excluding diaryl/α,β-unsaturated/α-hetero) is 4. The van der Waals surface area contributed by atoms with Gasteiger partial charge in [-0.1, -0.05) is 25.6 Å². The van der Waals surface area contributed by atoms with Crippen molar-refractivity contribution in [2.24, 2.45) is 29.4 Å². The number of ketones is 4. The van der Waals surface area contributed by atoms with E-state index in [9.17, 15) is 39.0 Å². The average molecular weight is 498 g/mol. The van der Waals surface area contributed by atoms with Gasteiger partial charge < -0.3 is 20.7 Å². The first kappa shape index (κ1) is 25.4. The molecule has 11 nitrogen and oxygen atoms in total. The standard InChI is InChI=1S/C25H26N2O9/c1-5-12(29)36-21-13-9(2)10-7-6-8-11(28)14(10)19(30)15(13)22(32)25(35)17(21)18(27(3)4)20(31)16(23(25)33)24(26)34/h5-9,13,15-18,21,28,35H,1H2,2-4H3,(H2,26,34)/t9-,13+,15?,16?,17+,18-,21-,25-/m0/s1. The number of aliphatic hydroxyl groups is 1. The molecule has 36 heavy (non-hydrogen) atoms. The summed E-state index contributed by atoms with van der Waals surface area (Å²) in [6, 6.07) is 2.91. The van der Waals surface area contributed by atoms with Crippen molar-refractivity contribution in [3.05, 3.63) is 42.0 Å². The fourth-order valence-electron chi connectivity index (χ4n) is 6.25. The van der Waals surface area contributed by atoms with Crippen LogP contribution in [0.1, 0.15) is 28.8 Å². The fourth-order valence-corrected chi connectivity index (χ4v) is 6.25. The van der Waals surface area contributed by atoms with Gasteiger partial charge in [-0.15, -0.1) is 0 Å². The summed E-state index contributed by atoms with van der Waals surface area (Å²) in [5.41, 5.74) is 2.50. The van der Waals surface area contributed by atoms with Gasteiger partial charge in [0.15, 0.2) is 34.7 Å². The number of hydrogen-bond acceptors (Lipinski definition) is 10. The Morgan fingerprint density at radius 1 is 1.17 bits per heavy atom. The van der Waals surface area contributed by atoms with Crippen molar-refractivity contribution in [1.82, 2.24) is 4.90 Å². The first-order chi connectivity index (χ1) is 16.8. The number of benzene rings is 1. The van der Waals surface area contributed by atoms with E-state index in [2.05, 4.69) is 6.58 Å². The molecule has 3 aliphatic carbocycles. The molecule has 3 aliphatic rings. The first-order valence-corrected chi connectivity index (χ1v) is 11.3. The molecule has 11 heteroatoms. The van der Waals surface area contributed by atoms with Gasteiger partial charge in [0.1, 0.15) is 11.9 Å². The fraction of sp³-hybridized carbons (Fsp3) is 0.440.